The number of aromatic nitrogens is 2. The number of nitrogens with one attached hydrogen (secondary N) is 1. The molecule has 0 aliphatic carbocycles. The number of nitrogens with two attached hydrogens (primary N) is 1. The first-order valence-electron chi connectivity index (χ1n) is 7.29. The Bertz CT molecular complexity index is 870. The van der Waals surface area contributed by atoms with Crippen molar-refractivity contribution < 1.29 is 13.2 Å². The lowest BCUT2D eigenvalue weighted by atomic mass is 10.3. The third-order valence-electron chi connectivity index (χ3n) is 3.22. The maximum Gasteiger partial charge on any atom is 0.230 e. The van der Waals surface area contributed by atoms with Crippen molar-refractivity contribution in [3.05, 3.63) is 22.7 Å². The first-order valence-corrected chi connectivity index (χ1v) is 11.0. The Hall–Kier alpha value is -1.36. The summed E-state index contributed by atoms with van der Waals surface area (Å²) in [6.45, 7) is 3.88. The molecule has 0 saturated carbocycles. The fraction of sp³-hybridized carbons (Fsp3) is 0.357. The van der Waals surface area contributed by atoms with Crippen LogP contribution in [0.1, 0.15) is 20.3 Å². The molecule has 0 unspecified atom stereocenters. The average Bonchev–Trinajstić information content (AvgIpc) is 3.00. The Kier molecular flexibility index (Phi) is 6.66. The minimum absolute atomic E-state index is 0.0705. The van der Waals surface area contributed by atoms with Crippen LogP contribution in [-0.4, -0.2) is 36.1 Å². The molecular weight excluding hydrogens is 404 g/mol. The second kappa shape index (κ2) is 8.35. The summed E-state index contributed by atoms with van der Waals surface area (Å²) in [6, 6.07) is 2.99. The number of carbonyl (C=O) groups excluding carboxylic acids is 1. The van der Waals surface area contributed by atoms with Crippen LogP contribution in [0.4, 0.5) is 5.82 Å². The number of nitrogen functional groups attached to an aromatic ring is 1. The first-order chi connectivity index (χ1) is 11.7. The van der Waals surface area contributed by atoms with Gasteiger partial charge in [0.15, 0.2) is 5.16 Å². The van der Waals surface area contributed by atoms with E-state index in [-0.39, 0.29) is 37.8 Å². The monoisotopic (exact) mass is 420 g/mol. The van der Waals surface area contributed by atoms with Crippen LogP contribution in [0, 0.1) is 0 Å². The van der Waals surface area contributed by atoms with Crippen LogP contribution < -0.4 is 11.1 Å². The number of halogens is 1. The summed E-state index contributed by atoms with van der Waals surface area (Å²) in [6.07, 6.45) is 1.99. The normalized spacial score (nSPS) is 12.8. The minimum atomic E-state index is -3.82. The third-order valence-corrected chi connectivity index (χ3v) is 7.57. The standard InChI is InChI=1S/C14H17ClN4O3S3/c1-3-8(2)18-11(20)7-23-14-17-6-9(13(16)19-14)25(21,22)12-5-4-10(15)24-12/h4-6,8H,3,7H2,1-2H3,(H,18,20)(H2,16,17,19)/t8-/m0/s1. The van der Waals surface area contributed by atoms with Crippen LogP contribution in [-0.2, 0) is 14.6 Å². The van der Waals surface area contributed by atoms with Gasteiger partial charge in [0.05, 0.1) is 16.3 Å². The molecule has 0 fully saturated rings. The van der Waals surface area contributed by atoms with Gasteiger partial charge in [-0.3, -0.25) is 4.79 Å². The van der Waals surface area contributed by atoms with Gasteiger partial charge in [-0.2, -0.15) is 0 Å². The quantitative estimate of drug-likeness (QED) is 0.522. The van der Waals surface area contributed by atoms with E-state index >= 15 is 0 Å². The van der Waals surface area contributed by atoms with Gasteiger partial charge in [-0.15, -0.1) is 11.3 Å². The summed E-state index contributed by atoms with van der Waals surface area (Å²) < 4.78 is 25.5. The molecule has 25 heavy (non-hydrogen) atoms. The first kappa shape index (κ1) is 20.0. The highest BCUT2D eigenvalue weighted by atomic mass is 35.5. The number of hydrogen-bond acceptors (Lipinski definition) is 8. The summed E-state index contributed by atoms with van der Waals surface area (Å²) in [5, 5.41) is 3.06. The Labute approximate surface area is 159 Å². The Morgan fingerprint density at radius 1 is 1.48 bits per heavy atom. The maximum atomic E-state index is 12.5. The molecule has 0 aliphatic heterocycles. The van der Waals surface area contributed by atoms with Crippen molar-refractivity contribution in [2.45, 2.75) is 40.6 Å². The van der Waals surface area contributed by atoms with Crippen molar-refractivity contribution in [1.82, 2.24) is 15.3 Å². The van der Waals surface area contributed by atoms with Crippen molar-refractivity contribution in [1.29, 1.82) is 0 Å². The van der Waals surface area contributed by atoms with Gasteiger partial charge in [-0.1, -0.05) is 30.3 Å². The molecule has 0 saturated heterocycles. The van der Waals surface area contributed by atoms with Crippen molar-refractivity contribution in [3.8, 4) is 0 Å². The van der Waals surface area contributed by atoms with Gasteiger partial charge < -0.3 is 11.1 Å². The number of rotatable bonds is 7. The SMILES string of the molecule is CC[C@H](C)NC(=O)CSc1ncc(S(=O)(=O)c2ccc(Cl)s2)c(N)n1. The van der Waals surface area contributed by atoms with Crippen molar-refractivity contribution in [3.63, 3.8) is 0 Å². The van der Waals surface area contributed by atoms with E-state index in [1.807, 2.05) is 13.8 Å². The van der Waals surface area contributed by atoms with Gasteiger partial charge >= 0.3 is 0 Å². The highest BCUT2D eigenvalue weighted by molar-refractivity contribution is 7.99. The minimum Gasteiger partial charge on any atom is -0.382 e. The summed E-state index contributed by atoms with van der Waals surface area (Å²) in [4.78, 5) is 19.6. The number of hydrogen-bond donors (Lipinski definition) is 2. The second-order valence-corrected chi connectivity index (χ2v) is 9.93. The summed E-state index contributed by atoms with van der Waals surface area (Å²) in [5.74, 6) is -0.188. The molecule has 0 aromatic carbocycles. The summed E-state index contributed by atoms with van der Waals surface area (Å²) >= 11 is 7.81. The number of sulfone groups is 1. The number of thiophene rings is 1. The lowest BCUT2D eigenvalue weighted by Crippen LogP contribution is -2.33. The predicted molar refractivity (Wildman–Crippen MR) is 99.8 cm³/mol. The topological polar surface area (TPSA) is 115 Å². The zero-order chi connectivity index (χ0) is 18.6. The molecule has 3 N–H and O–H groups in total. The van der Waals surface area contributed by atoms with E-state index in [9.17, 15) is 13.2 Å². The molecule has 2 aromatic heterocycles. The number of anilines is 1. The van der Waals surface area contributed by atoms with Crippen molar-refractivity contribution in [2.75, 3.05) is 11.5 Å². The van der Waals surface area contributed by atoms with E-state index in [1.165, 1.54) is 12.1 Å². The van der Waals surface area contributed by atoms with Crippen LogP contribution in [0.3, 0.4) is 0 Å². The van der Waals surface area contributed by atoms with Gasteiger partial charge in [-0.05, 0) is 25.5 Å². The van der Waals surface area contributed by atoms with Crippen molar-refractivity contribution >= 4 is 56.3 Å². The van der Waals surface area contributed by atoms with Gasteiger partial charge in [-0.25, -0.2) is 18.4 Å². The zero-order valence-corrected chi connectivity index (χ0v) is 16.7. The number of nitrogens with zero attached hydrogens (tertiary/aromatic N) is 2. The Morgan fingerprint density at radius 3 is 2.76 bits per heavy atom. The Balaban J connectivity index is 2.12. The van der Waals surface area contributed by atoms with E-state index in [0.29, 0.717) is 4.34 Å². The van der Waals surface area contributed by atoms with Crippen LogP contribution in [0.5, 0.6) is 0 Å². The van der Waals surface area contributed by atoms with Gasteiger partial charge in [0, 0.05) is 6.04 Å². The molecule has 2 heterocycles. The average molecular weight is 421 g/mol. The molecule has 11 heteroatoms. The lowest BCUT2D eigenvalue weighted by molar-refractivity contribution is -0.119. The zero-order valence-electron chi connectivity index (χ0n) is 13.5. The van der Waals surface area contributed by atoms with E-state index in [1.54, 1.807) is 0 Å². The van der Waals surface area contributed by atoms with Crippen LogP contribution in [0.15, 0.2) is 32.6 Å². The van der Waals surface area contributed by atoms with Crippen LogP contribution >= 0.6 is 34.7 Å². The highest BCUT2D eigenvalue weighted by Crippen LogP contribution is 2.32. The summed E-state index contributed by atoms with van der Waals surface area (Å²) in [5.41, 5.74) is 5.79. The smallest absolute Gasteiger partial charge is 0.230 e. The molecule has 0 bridgehead atoms. The second-order valence-electron chi connectivity index (χ2n) is 5.13. The van der Waals surface area contributed by atoms with Gasteiger partial charge in [0.2, 0.25) is 15.7 Å². The number of carbonyl (C=O) groups is 1. The summed E-state index contributed by atoms with van der Waals surface area (Å²) in [7, 11) is -3.82. The maximum absolute atomic E-state index is 12.5. The molecule has 2 aromatic rings. The van der Waals surface area contributed by atoms with E-state index in [4.69, 9.17) is 17.3 Å². The predicted octanol–water partition coefficient (Wildman–Crippen LogP) is 2.61. The molecule has 7 nitrogen and oxygen atoms in total. The molecule has 0 spiro atoms. The molecule has 136 valence electrons. The van der Waals surface area contributed by atoms with E-state index < -0.39 is 9.84 Å². The molecule has 1 amide bonds. The molecule has 2 rings (SSSR count). The molecule has 0 aliphatic rings. The van der Waals surface area contributed by atoms with Gasteiger partial charge in [0.1, 0.15) is 14.9 Å². The lowest BCUT2D eigenvalue weighted by Gasteiger charge is -2.11. The molecular formula is C14H17ClN4O3S3. The van der Waals surface area contributed by atoms with Crippen LogP contribution in [0.25, 0.3) is 0 Å². The molecule has 0 radical (unpaired) electrons. The van der Waals surface area contributed by atoms with E-state index in [0.717, 1.165) is 35.7 Å². The molecule has 1 atom stereocenters. The van der Waals surface area contributed by atoms with Crippen molar-refractivity contribution in [2.24, 2.45) is 0 Å². The fourth-order valence-corrected chi connectivity index (χ4v) is 5.24. The largest absolute Gasteiger partial charge is 0.382 e. The van der Waals surface area contributed by atoms with Gasteiger partial charge in [0.25, 0.3) is 0 Å². The fourth-order valence-electron chi connectivity index (χ4n) is 1.74. The third kappa shape index (κ3) is 5.06. The number of thioether (sulfide) groups is 1. The van der Waals surface area contributed by atoms with Crippen LogP contribution in [0.2, 0.25) is 4.34 Å². The Morgan fingerprint density at radius 2 is 2.20 bits per heavy atom. The van der Waals surface area contributed by atoms with E-state index in [2.05, 4.69) is 15.3 Å². The number of amides is 1. The highest BCUT2D eigenvalue weighted by Gasteiger charge is 2.24.